The second-order valence-corrected chi connectivity index (χ2v) is 6.94. The summed E-state index contributed by atoms with van der Waals surface area (Å²) in [5.74, 6) is 0.937. The van der Waals surface area contributed by atoms with Crippen molar-refractivity contribution < 1.29 is 0 Å². The fraction of sp³-hybridized carbons (Fsp3) is 0.615. The van der Waals surface area contributed by atoms with Crippen LogP contribution in [-0.2, 0) is 0 Å². The lowest BCUT2D eigenvalue weighted by Gasteiger charge is -2.51. The molecule has 2 aliphatic rings. The van der Waals surface area contributed by atoms with Gasteiger partial charge in [0.05, 0.1) is 4.47 Å². The highest BCUT2D eigenvalue weighted by Gasteiger charge is 2.44. The maximum Gasteiger partial charge on any atom is 0.212 e. The molecule has 3 heterocycles. The Morgan fingerprint density at radius 3 is 2.75 bits per heavy atom. The largest absolute Gasteiger partial charge is 0.342 e. The van der Waals surface area contributed by atoms with Gasteiger partial charge in [0.15, 0.2) is 5.65 Å². The van der Waals surface area contributed by atoms with Gasteiger partial charge in [0.25, 0.3) is 0 Å². The van der Waals surface area contributed by atoms with E-state index >= 15 is 0 Å². The summed E-state index contributed by atoms with van der Waals surface area (Å²) < 4.78 is 2.83. The van der Waals surface area contributed by atoms with Crippen molar-refractivity contribution in [1.82, 2.24) is 19.6 Å². The van der Waals surface area contributed by atoms with E-state index in [2.05, 4.69) is 36.0 Å². The van der Waals surface area contributed by atoms with Crippen LogP contribution in [0.5, 0.6) is 0 Å². The first kappa shape index (κ1) is 12.5. The number of anilines is 1. The molecule has 2 N–H and O–H groups in total. The Balaban J connectivity index is 1.59. The predicted octanol–water partition coefficient (Wildman–Crippen LogP) is 1.59. The molecule has 0 bridgehead atoms. The van der Waals surface area contributed by atoms with Crippen LogP contribution < -0.4 is 10.6 Å². The lowest BCUT2D eigenvalue weighted by atomic mass is 9.61. The topological polar surface area (TPSA) is 72.3 Å². The van der Waals surface area contributed by atoms with Gasteiger partial charge in [-0.25, -0.2) is 9.38 Å². The van der Waals surface area contributed by atoms with E-state index in [1.165, 1.54) is 25.7 Å². The van der Waals surface area contributed by atoms with E-state index in [4.69, 9.17) is 5.73 Å². The van der Waals surface area contributed by atoms with E-state index in [0.717, 1.165) is 29.2 Å². The number of fused-ring (bicyclic) bond motifs is 1. The third-order valence-corrected chi connectivity index (χ3v) is 5.33. The first-order valence-corrected chi connectivity index (χ1v) is 7.81. The Morgan fingerprint density at radius 2 is 2.05 bits per heavy atom. The molecule has 6 nitrogen and oxygen atoms in total. The molecule has 0 aromatic carbocycles. The van der Waals surface area contributed by atoms with Gasteiger partial charge in [-0.1, -0.05) is 0 Å². The summed E-state index contributed by atoms with van der Waals surface area (Å²) >= 11 is 3.46. The fourth-order valence-electron chi connectivity index (χ4n) is 3.65. The standard InChI is InChI=1S/C13H17BrN6/c14-10-7-16-12(20-8-17-18-11(10)20)19-3-1-13(2-4-19)5-9(15)6-13/h7-9H,1-6,15H2. The molecule has 106 valence electrons. The van der Waals surface area contributed by atoms with Gasteiger partial charge in [0.2, 0.25) is 5.95 Å². The monoisotopic (exact) mass is 336 g/mol. The minimum absolute atomic E-state index is 0.428. The SMILES string of the molecule is NC1CC2(CCN(c3ncc(Br)c4nncn34)CC2)C1. The molecule has 0 amide bonds. The molecule has 4 rings (SSSR count). The van der Waals surface area contributed by atoms with E-state index in [-0.39, 0.29) is 0 Å². The summed E-state index contributed by atoms with van der Waals surface area (Å²) in [7, 11) is 0. The highest BCUT2D eigenvalue weighted by atomic mass is 79.9. The number of hydrogen-bond donors (Lipinski definition) is 1. The van der Waals surface area contributed by atoms with Crippen LogP contribution >= 0.6 is 15.9 Å². The van der Waals surface area contributed by atoms with Crippen molar-refractivity contribution in [2.75, 3.05) is 18.0 Å². The minimum Gasteiger partial charge on any atom is -0.342 e. The van der Waals surface area contributed by atoms with Gasteiger partial charge in [-0.3, -0.25) is 0 Å². The zero-order valence-corrected chi connectivity index (χ0v) is 12.8. The number of nitrogens with zero attached hydrogens (tertiary/aromatic N) is 5. The normalized spacial score (nSPS) is 22.4. The summed E-state index contributed by atoms with van der Waals surface area (Å²) in [6, 6.07) is 0.428. The third-order valence-electron chi connectivity index (χ3n) is 4.77. The number of hydrogen-bond acceptors (Lipinski definition) is 5. The first-order valence-electron chi connectivity index (χ1n) is 7.02. The lowest BCUT2D eigenvalue weighted by molar-refractivity contribution is 0.0709. The maximum atomic E-state index is 5.96. The highest BCUT2D eigenvalue weighted by molar-refractivity contribution is 9.10. The molecule has 1 saturated heterocycles. The van der Waals surface area contributed by atoms with Crippen molar-refractivity contribution in [1.29, 1.82) is 0 Å². The van der Waals surface area contributed by atoms with Gasteiger partial charge in [-0.2, -0.15) is 0 Å². The molecular formula is C13H17BrN6. The number of aromatic nitrogens is 4. The number of nitrogens with two attached hydrogens (primary N) is 1. The smallest absolute Gasteiger partial charge is 0.212 e. The van der Waals surface area contributed by atoms with Crippen molar-refractivity contribution in [3.8, 4) is 0 Å². The molecule has 0 unspecified atom stereocenters. The summed E-state index contributed by atoms with van der Waals surface area (Å²) in [4.78, 5) is 6.88. The van der Waals surface area contributed by atoms with Crippen molar-refractivity contribution in [2.45, 2.75) is 31.7 Å². The Hall–Kier alpha value is -1.21. The molecule has 2 aromatic rings. The van der Waals surface area contributed by atoms with Crippen LogP contribution in [0.4, 0.5) is 5.95 Å². The molecule has 1 aliphatic carbocycles. The van der Waals surface area contributed by atoms with Gasteiger partial charge in [0.1, 0.15) is 6.33 Å². The quantitative estimate of drug-likeness (QED) is 0.856. The zero-order valence-electron chi connectivity index (χ0n) is 11.2. The van der Waals surface area contributed by atoms with Crippen LogP contribution in [0.25, 0.3) is 5.65 Å². The van der Waals surface area contributed by atoms with Crippen LogP contribution in [0.3, 0.4) is 0 Å². The predicted molar refractivity (Wildman–Crippen MR) is 79.6 cm³/mol. The Kier molecular flexibility index (Phi) is 2.75. The average Bonchev–Trinajstić information content (AvgIpc) is 2.89. The molecule has 7 heteroatoms. The van der Waals surface area contributed by atoms with Crippen LogP contribution in [0.2, 0.25) is 0 Å². The maximum absolute atomic E-state index is 5.96. The first-order chi connectivity index (χ1) is 9.67. The minimum atomic E-state index is 0.428. The van der Waals surface area contributed by atoms with Crippen molar-refractivity contribution in [3.05, 3.63) is 17.0 Å². The molecule has 2 aromatic heterocycles. The van der Waals surface area contributed by atoms with E-state index in [1.807, 2.05) is 10.6 Å². The molecule has 1 saturated carbocycles. The number of rotatable bonds is 1. The fourth-order valence-corrected chi connectivity index (χ4v) is 4.03. The molecule has 0 radical (unpaired) electrons. The number of halogens is 1. The lowest BCUT2D eigenvalue weighted by Crippen LogP contribution is -2.52. The van der Waals surface area contributed by atoms with Gasteiger partial charge < -0.3 is 10.6 Å². The van der Waals surface area contributed by atoms with E-state index < -0.39 is 0 Å². The average molecular weight is 337 g/mol. The second kappa shape index (κ2) is 4.39. The zero-order chi connectivity index (χ0) is 13.7. The Bertz CT molecular complexity index is 637. The molecular weight excluding hydrogens is 320 g/mol. The van der Waals surface area contributed by atoms with Crippen molar-refractivity contribution in [2.24, 2.45) is 11.1 Å². The van der Waals surface area contributed by atoms with Gasteiger partial charge in [-0.05, 0) is 47.0 Å². The summed E-state index contributed by atoms with van der Waals surface area (Å²) in [5, 5.41) is 8.11. The number of piperidine rings is 1. The molecule has 2 fully saturated rings. The van der Waals surface area contributed by atoms with Gasteiger partial charge >= 0.3 is 0 Å². The van der Waals surface area contributed by atoms with E-state index in [0.29, 0.717) is 11.5 Å². The molecule has 20 heavy (non-hydrogen) atoms. The van der Waals surface area contributed by atoms with E-state index in [1.54, 1.807) is 6.33 Å². The summed E-state index contributed by atoms with van der Waals surface area (Å²) in [6.07, 6.45) is 8.34. The van der Waals surface area contributed by atoms with Crippen LogP contribution in [0.1, 0.15) is 25.7 Å². The van der Waals surface area contributed by atoms with Gasteiger partial charge in [0, 0.05) is 25.3 Å². The summed E-state index contributed by atoms with van der Waals surface area (Å²) in [6.45, 7) is 2.07. The van der Waals surface area contributed by atoms with Crippen molar-refractivity contribution >= 4 is 27.5 Å². The van der Waals surface area contributed by atoms with Crippen LogP contribution in [0, 0.1) is 5.41 Å². The van der Waals surface area contributed by atoms with Gasteiger partial charge in [-0.15, -0.1) is 10.2 Å². The summed E-state index contributed by atoms with van der Waals surface area (Å²) in [5.41, 5.74) is 7.29. The Morgan fingerprint density at radius 1 is 1.30 bits per heavy atom. The van der Waals surface area contributed by atoms with Crippen LogP contribution in [-0.4, -0.2) is 38.7 Å². The van der Waals surface area contributed by atoms with Crippen LogP contribution in [0.15, 0.2) is 17.0 Å². The third kappa shape index (κ3) is 1.83. The molecule has 0 atom stereocenters. The van der Waals surface area contributed by atoms with E-state index in [9.17, 15) is 0 Å². The van der Waals surface area contributed by atoms with Crippen molar-refractivity contribution in [3.63, 3.8) is 0 Å². The second-order valence-electron chi connectivity index (χ2n) is 6.09. The molecule has 1 spiro atoms. The highest BCUT2D eigenvalue weighted by Crippen LogP contribution is 2.48. The molecule has 1 aliphatic heterocycles. The Labute approximate surface area is 125 Å².